The first-order valence-corrected chi connectivity index (χ1v) is 13.4. The summed E-state index contributed by atoms with van der Waals surface area (Å²) in [6.45, 7) is 2.85. The number of nitrogens with one attached hydrogen (secondary N) is 1. The van der Waals surface area contributed by atoms with Gasteiger partial charge in [-0.05, 0) is 35.7 Å². The summed E-state index contributed by atoms with van der Waals surface area (Å²) in [6.07, 6.45) is 4.85. The summed E-state index contributed by atoms with van der Waals surface area (Å²) in [6, 6.07) is 33.4. The summed E-state index contributed by atoms with van der Waals surface area (Å²) < 4.78 is 0. The standard InChI is InChI=1S/C32H30ClN5O/c1-2-37(28(30(33)34)22-36-27-19-12-20-35-21-27)31(39)29-23-38(29)32(24-13-6-3-7-14-24,25-15-8-4-9-16-25)26-17-10-5-11-18-26/h3-22,28-29,34H,2,23H2,1H3. The van der Waals surface area contributed by atoms with E-state index < -0.39 is 17.6 Å². The van der Waals surface area contributed by atoms with E-state index in [1.807, 2.05) is 67.6 Å². The number of carbonyl (C=O) groups excluding carboxylic acids is 1. The molecule has 0 bridgehead atoms. The van der Waals surface area contributed by atoms with Gasteiger partial charge in [-0.15, -0.1) is 0 Å². The van der Waals surface area contributed by atoms with Gasteiger partial charge in [0.1, 0.15) is 17.3 Å². The molecule has 7 heteroatoms. The molecule has 6 nitrogen and oxygen atoms in total. The molecule has 0 radical (unpaired) electrons. The van der Waals surface area contributed by atoms with Crippen molar-refractivity contribution >= 4 is 34.6 Å². The number of amides is 1. The van der Waals surface area contributed by atoms with Crippen molar-refractivity contribution in [1.82, 2.24) is 14.8 Å². The minimum atomic E-state index is -0.772. The van der Waals surface area contributed by atoms with Gasteiger partial charge in [0.25, 0.3) is 0 Å². The molecule has 3 atom stereocenters. The quantitative estimate of drug-likeness (QED) is 0.156. The summed E-state index contributed by atoms with van der Waals surface area (Å²) >= 11 is 6.24. The first kappa shape index (κ1) is 26.5. The second-order valence-electron chi connectivity index (χ2n) is 9.38. The van der Waals surface area contributed by atoms with E-state index in [0.717, 1.165) is 16.7 Å². The lowest BCUT2D eigenvalue weighted by molar-refractivity contribution is -0.131. The van der Waals surface area contributed by atoms with Gasteiger partial charge in [-0.3, -0.25) is 25.1 Å². The van der Waals surface area contributed by atoms with E-state index in [2.05, 4.69) is 51.3 Å². The summed E-state index contributed by atoms with van der Waals surface area (Å²) in [7, 11) is 0. The predicted molar refractivity (Wildman–Crippen MR) is 157 cm³/mol. The number of aliphatic imine (C=N–C) groups is 1. The fourth-order valence-electron chi connectivity index (χ4n) is 5.31. The van der Waals surface area contributed by atoms with E-state index in [4.69, 9.17) is 17.0 Å². The Morgan fingerprint density at radius 1 is 1.00 bits per heavy atom. The molecule has 4 aromatic rings. The van der Waals surface area contributed by atoms with Crippen LogP contribution in [-0.4, -0.2) is 57.2 Å². The molecule has 1 aliphatic rings. The van der Waals surface area contributed by atoms with Crippen LogP contribution >= 0.6 is 11.6 Å². The normalized spacial score (nSPS) is 17.5. The number of aromatic nitrogens is 1. The van der Waals surface area contributed by atoms with Crippen molar-refractivity contribution < 1.29 is 4.79 Å². The second kappa shape index (κ2) is 11.7. The zero-order valence-electron chi connectivity index (χ0n) is 21.7. The SMILES string of the molecule is CCN(C(=O)C1CN1C(c1ccccc1)(c1ccccc1)c1ccccc1)C(C=Nc1cccnc1)C(=N)Cl. The fourth-order valence-corrected chi connectivity index (χ4v) is 5.48. The molecular weight excluding hydrogens is 506 g/mol. The summed E-state index contributed by atoms with van der Waals surface area (Å²) in [5.41, 5.74) is 3.21. The molecule has 1 amide bonds. The van der Waals surface area contributed by atoms with Crippen LogP contribution in [0.5, 0.6) is 0 Å². The van der Waals surface area contributed by atoms with Gasteiger partial charge in [0.05, 0.1) is 17.4 Å². The maximum atomic E-state index is 14.1. The fraction of sp³-hybridized carbons (Fsp3) is 0.188. The third kappa shape index (κ3) is 5.26. The highest BCUT2D eigenvalue weighted by molar-refractivity contribution is 6.67. The highest BCUT2D eigenvalue weighted by Gasteiger charge is 2.57. The zero-order valence-corrected chi connectivity index (χ0v) is 22.4. The number of halogens is 1. The van der Waals surface area contributed by atoms with Gasteiger partial charge in [0.15, 0.2) is 0 Å². The average molecular weight is 536 g/mol. The highest BCUT2D eigenvalue weighted by atomic mass is 35.5. The first-order valence-electron chi connectivity index (χ1n) is 13.0. The molecule has 196 valence electrons. The van der Waals surface area contributed by atoms with Crippen molar-refractivity contribution in [3.63, 3.8) is 0 Å². The van der Waals surface area contributed by atoms with E-state index in [1.165, 1.54) is 0 Å². The average Bonchev–Trinajstić information content (AvgIpc) is 3.79. The summed E-state index contributed by atoms with van der Waals surface area (Å²) in [5.74, 6) is -0.0855. The van der Waals surface area contributed by atoms with Crippen molar-refractivity contribution in [3.8, 4) is 0 Å². The second-order valence-corrected chi connectivity index (χ2v) is 9.79. The van der Waals surface area contributed by atoms with E-state index in [-0.39, 0.29) is 11.1 Å². The van der Waals surface area contributed by atoms with Gasteiger partial charge < -0.3 is 4.90 Å². The number of carbonyl (C=O) groups is 1. The molecular formula is C32H30ClN5O. The van der Waals surface area contributed by atoms with Crippen LogP contribution in [-0.2, 0) is 10.3 Å². The maximum Gasteiger partial charge on any atom is 0.242 e. The monoisotopic (exact) mass is 535 g/mol. The third-order valence-electron chi connectivity index (χ3n) is 7.13. The molecule has 1 aromatic heterocycles. The Balaban J connectivity index is 1.54. The smallest absolute Gasteiger partial charge is 0.242 e. The maximum absolute atomic E-state index is 14.1. The van der Waals surface area contributed by atoms with Gasteiger partial charge in [0.2, 0.25) is 5.91 Å². The van der Waals surface area contributed by atoms with E-state index in [0.29, 0.717) is 18.8 Å². The Kier molecular flexibility index (Phi) is 7.96. The minimum absolute atomic E-state index is 0.0855. The van der Waals surface area contributed by atoms with Crippen LogP contribution in [0.2, 0.25) is 0 Å². The summed E-state index contributed by atoms with van der Waals surface area (Å²) in [4.78, 5) is 26.5. The lowest BCUT2D eigenvalue weighted by Crippen LogP contribution is -2.48. The molecule has 3 aromatic carbocycles. The molecule has 0 spiro atoms. The number of hydrogen-bond acceptors (Lipinski definition) is 5. The Labute approximate surface area is 234 Å². The van der Waals surface area contributed by atoms with Crippen molar-refractivity contribution in [3.05, 3.63) is 132 Å². The van der Waals surface area contributed by atoms with Crippen LogP contribution in [0.15, 0.2) is 121 Å². The number of rotatable bonds is 10. The Hall–Kier alpha value is -4.13. The molecule has 1 aliphatic heterocycles. The number of benzene rings is 3. The molecule has 5 rings (SSSR count). The molecule has 0 saturated carbocycles. The minimum Gasteiger partial charge on any atom is -0.327 e. The molecule has 3 unspecified atom stereocenters. The van der Waals surface area contributed by atoms with Crippen molar-refractivity contribution in [2.75, 3.05) is 13.1 Å². The third-order valence-corrected chi connectivity index (χ3v) is 7.36. The predicted octanol–water partition coefficient (Wildman–Crippen LogP) is 5.89. The van der Waals surface area contributed by atoms with Gasteiger partial charge >= 0.3 is 0 Å². The number of hydrogen-bond donors (Lipinski definition) is 1. The topological polar surface area (TPSA) is 72.4 Å². The van der Waals surface area contributed by atoms with Crippen LogP contribution in [0.4, 0.5) is 5.69 Å². The lowest BCUT2D eigenvalue weighted by Gasteiger charge is -2.38. The van der Waals surface area contributed by atoms with Crippen molar-refractivity contribution in [2.45, 2.75) is 24.5 Å². The largest absolute Gasteiger partial charge is 0.327 e. The Morgan fingerprint density at radius 3 is 1.97 bits per heavy atom. The van der Waals surface area contributed by atoms with Gasteiger partial charge in [-0.1, -0.05) is 103 Å². The number of pyridine rings is 1. The molecule has 39 heavy (non-hydrogen) atoms. The van der Waals surface area contributed by atoms with Gasteiger partial charge in [-0.25, -0.2) is 0 Å². The van der Waals surface area contributed by atoms with Gasteiger partial charge in [-0.2, -0.15) is 0 Å². The van der Waals surface area contributed by atoms with E-state index in [9.17, 15) is 4.79 Å². The van der Waals surface area contributed by atoms with E-state index in [1.54, 1.807) is 29.6 Å². The number of nitrogens with zero attached hydrogens (tertiary/aromatic N) is 4. The molecule has 1 N–H and O–H groups in total. The zero-order chi connectivity index (χ0) is 27.2. The van der Waals surface area contributed by atoms with E-state index >= 15 is 0 Å². The van der Waals surface area contributed by atoms with Crippen LogP contribution < -0.4 is 0 Å². The van der Waals surface area contributed by atoms with Crippen molar-refractivity contribution in [2.24, 2.45) is 4.99 Å². The highest BCUT2D eigenvalue weighted by Crippen LogP contribution is 2.48. The van der Waals surface area contributed by atoms with Crippen LogP contribution in [0, 0.1) is 5.41 Å². The van der Waals surface area contributed by atoms with Crippen LogP contribution in [0.3, 0.4) is 0 Å². The molecule has 1 saturated heterocycles. The van der Waals surface area contributed by atoms with Gasteiger partial charge in [0, 0.05) is 25.5 Å². The Morgan fingerprint density at radius 2 is 1.54 bits per heavy atom. The van der Waals surface area contributed by atoms with Crippen LogP contribution in [0.25, 0.3) is 0 Å². The van der Waals surface area contributed by atoms with Crippen molar-refractivity contribution in [1.29, 1.82) is 5.41 Å². The summed E-state index contributed by atoms with van der Waals surface area (Å²) in [5, 5.41) is 8.07. The molecule has 1 fully saturated rings. The Bertz CT molecular complexity index is 1330. The first-order chi connectivity index (χ1) is 19.1. The van der Waals surface area contributed by atoms with Crippen LogP contribution in [0.1, 0.15) is 23.6 Å². The molecule has 0 aliphatic carbocycles. The molecule has 2 heterocycles. The lowest BCUT2D eigenvalue weighted by atomic mass is 9.76. The number of likely N-dealkylation sites (N-methyl/N-ethyl adjacent to an activating group) is 1.